The number of likely N-dealkylation sites (tertiary alicyclic amines) is 1. The molecule has 4 heterocycles. The van der Waals surface area contributed by atoms with Crippen LogP contribution in [-0.2, 0) is 11.3 Å². The first-order chi connectivity index (χ1) is 10.8. The highest BCUT2D eigenvalue weighted by molar-refractivity contribution is 7.09. The van der Waals surface area contributed by atoms with Crippen LogP contribution in [0.1, 0.15) is 17.8 Å². The molecule has 2 aromatic heterocycles. The fraction of sp³-hybridized carbons (Fsp3) is 0.500. The van der Waals surface area contributed by atoms with Gasteiger partial charge in [0.05, 0.1) is 24.9 Å². The molecule has 6 heteroatoms. The zero-order valence-corrected chi connectivity index (χ0v) is 13.2. The minimum absolute atomic E-state index is 0.0376. The minimum Gasteiger partial charge on any atom is -0.486 e. The van der Waals surface area contributed by atoms with Crippen LogP contribution in [0.3, 0.4) is 0 Å². The molecule has 0 N–H and O–H groups in total. The van der Waals surface area contributed by atoms with Gasteiger partial charge in [-0.15, -0.1) is 11.3 Å². The number of ether oxygens (including phenoxy) is 2. The zero-order chi connectivity index (χ0) is 14.8. The van der Waals surface area contributed by atoms with Gasteiger partial charge in [-0.2, -0.15) is 0 Å². The third kappa shape index (κ3) is 2.99. The van der Waals surface area contributed by atoms with E-state index in [4.69, 9.17) is 9.47 Å². The normalized spacial score (nSPS) is 28.5. The molecule has 2 aliphatic heterocycles. The summed E-state index contributed by atoms with van der Waals surface area (Å²) < 4.78 is 12.1. The van der Waals surface area contributed by atoms with Crippen LogP contribution in [-0.4, -0.2) is 46.3 Å². The van der Waals surface area contributed by atoms with Gasteiger partial charge in [-0.3, -0.25) is 9.88 Å². The first-order valence-electron chi connectivity index (χ1n) is 7.63. The summed E-state index contributed by atoms with van der Waals surface area (Å²) in [7, 11) is 0. The highest BCUT2D eigenvalue weighted by Crippen LogP contribution is 2.37. The van der Waals surface area contributed by atoms with Crippen LogP contribution in [0.25, 0.3) is 0 Å². The molecule has 0 amide bonds. The topological polar surface area (TPSA) is 47.5 Å². The number of thiazole rings is 1. The van der Waals surface area contributed by atoms with E-state index in [0.29, 0.717) is 6.61 Å². The van der Waals surface area contributed by atoms with Crippen LogP contribution in [0, 0.1) is 0 Å². The number of hydrogen-bond donors (Lipinski definition) is 0. The fourth-order valence-corrected chi connectivity index (χ4v) is 4.01. The Labute approximate surface area is 133 Å². The monoisotopic (exact) mass is 317 g/mol. The molecule has 0 saturated carbocycles. The van der Waals surface area contributed by atoms with E-state index in [2.05, 4.69) is 14.9 Å². The molecule has 2 aliphatic rings. The maximum absolute atomic E-state index is 6.13. The first-order valence-corrected chi connectivity index (χ1v) is 8.51. The van der Waals surface area contributed by atoms with Crippen molar-refractivity contribution in [3.05, 3.63) is 41.1 Å². The molecule has 0 radical (unpaired) electrons. The predicted molar refractivity (Wildman–Crippen MR) is 84.0 cm³/mol. The van der Waals surface area contributed by atoms with Crippen molar-refractivity contribution in [2.24, 2.45) is 0 Å². The molecule has 0 unspecified atom stereocenters. The maximum atomic E-state index is 6.13. The Balaban J connectivity index is 1.34. The van der Waals surface area contributed by atoms with Gasteiger partial charge in [0.25, 0.3) is 0 Å². The van der Waals surface area contributed by atoms with Gasteiger partial charge in [0.1, 0.15) is 16.9 Å². The summed E-state index contributed by atoms with van der Waals surface area (Å²) in [5.74, 6) is 0.825. The lowest BCUT2D eigenvalue weighted by atomic mass is 9.98. The quantitative estimate of drug-likeness (QED) is 0.866. The fourth-order valence-electron chi connectivity index (χ4n) is 3.36. The summed E-state index contributed by atoms with van der Waals surface area (Å²) in [6.45, 7) is 3.63. The second-order valence-corrected chi connectivity index (χ2v) is 6.99. The van der Waals surface area contributed by atoms with Gasteiger partial charge in [0.2, 0.25) is 0 Å². The van der Waals surface area contributed by atoms with E-state index in [-0.39, 0.29) is 11.7 Å². The summed E-state index contributed by atoms with van der Waals surface area (Å²) in [4.78, 5) is 10.9. The standard InChI is InChI=1S/C16H19N3O2S/c1-2-13(9-17-4-1)21-14-8-16(20-11-14)3-6-19(12-16)10-15-18-5-7-22-15/h1-2,4-5,7,9,14H,3,6,8,10-12H2/t14-,16-/m0/s1. The second kappa shape index (κ2) is 5.95. The lowest BCUT2D eigenvalue weighted by Gasteiger charge is -2.23. The zero-order valence-electron chi connectivity index (χ0n) is 12.4. The van der Waals surface area contributed by atoms with Crippen LogP contribution in [0.15, 0.2) is 36.1 Å². The van der Waals surface area contributed by atoms with Gasteiger partial charge >= 0.3 is 0 Å². The molecule has 4 rings (SSSR count). The highest BCUT2D eigenvalue weighted by Gasteiger charge is 2.46. The Kier molecular flexibility index (Phi) is 3.82. The number of pyridine rings is 1. The largest absolute Gasteiger partial charge is 0.486 e. The number of aromatic nitrogens is 2. The lowest BCUT2D eigenvalue weighted by Crippen LogP contribution is -2.33. The van der Waals surface area contributed by atoms with E-state index >= 15 is 0 Å². The Morgan fingerprint density at radius 2 is 2.45 bits per heavy atom. The van der Waals surface area contributed by atoms with Gasteiger partial charge in [-0.1, -0.05) is 0 Å². The number of rotatable bonds is 4. The van der Waals surface area contributed by atoms with Gasteiger partial charge in [-0.05, 0) is 18.6 Å². The summed E-state index contributed by atoms with van der Waals surface area (Å²) in [5.41, 5.74) is -0.0376. The number of nitrogens with zero attached hydrogens (tertiary/aromatic N) is 3. The molecule has 22 heavy (non-hydrogen) atoms. The van der Waals surface area contributed by atoms with Crippen molar-refractivity contribution < 1.29 is 9.47 Å². The Morgan fingerprint density at radius 1 is 1.45 bits per heavy atom. The molecular weight excluding hydrogens is 298 g/mol. The van der Waals surface area contributed by atoms with Crippen LogP contribution >= 0.6 is 11.3 Å². The van der Waals surface area contributed by atoms with Crippen molar-refractivity contribution in [1.29, 1.82) is 0 Å². The van der Waals surface area contributed by atoms with Crippen molar-refractivity contribution in [1.82, 2.24) is 14.9 Å². The molecule has 1 spiro atoms. The summed E-state index contributed by atoms with van der Waals surface area (Å²) >= 11 is 1.72. The molecule has 0 aromatic carbocycles. The Morgan fingerprint density at radius 3 is 3.27 bits per heavy atom. The van der Waals surface area contributed by atoms with E-state index in [0.717, 1.165) is 38.2 Å². The average molecular weight is 317 g/mol. The van der Waals surface area contributed by atoms with Crippen molar-refractivity contribution in [3.8, 4) is 5.75 Å². The van der Waals surface area contributed by atoms with E-state index in [1.54, 1.807) is 23.7 Å². The first kappa shape index (κ1) is 14.1. The Bertz CT molecular complexity index is 607. The molecule has 2 saturated heterocycles. The van der Waals surface area contributed by atoms with Gasteiger partial charge < -0.3 is 9.47 Å². The Hall–Kier alpha value is -1.50. The molecule has 2 fully saturated rings. The van der Waals surface area contributed by atoms with Gasteiger partial charge in [0.15, 0.2) is 0 Å². The molecule has 0 bridgehead atoms. The smallest absolute Gasteiger partial charge is 0.138 e. The highest BCUT2D eigenvalue weighted by atomic mass is 32.1. The van der Waals surface area contributed by atoms with E-state index in [1.165, 1.54) is 5.01 Å². The molecular formula is C16H19N3O2S. The van der Waals surface area contributed by atoms with Crippen LogP contribution < -0.4 is 4.74 Å². The van der Waals surface area contributed by atoms with Crippen LogP contribution in [0.5, 0.6) is 5.75 Å². The van der Waals surface area contributed by atoms with Crippen LogP contribution in [0.4, 0.5) is 0 Å². The SMILES string of the molecule is c1cncc(O[C@@H]2CO[C@@]3(CCN(Cc4nccs4)C3)C2)c1. The summed E-state index contributed by atoms with van der Waals surface area (Å²) in [5, 5.41) is 3.21. The van der Waals surface area contributed by atoms with E-state index < -0.39 is 0 Å². The van der Waals surface area contributed by atoms with Crippen LogP contribution in [0.2, 0.25) is 0 Å². The summed E-state index contributed by atoms with van der Waals surface area (Å²) in [6.07, 6.45) is 7.54. The van der Waals surface area contributed by atoms with Crippen molar-refractivity contribution in [3.63, 3.8) is 0 Å². The average Bonchev–Trinajstić information content (AvgIpc) is 3.25. The van der Waals surface area contributed by atoms with Gasteiger partial charge in [0, 0.05) is 37.3 Å². The van der Waals surface area contributed by atoms with Gasteiger partial charge in [-0.25, -0.2) is 4.98 Å². The molecule has 116 valence electrons. The van der Waals surface area contributed by atoms with Crippen molar-refractivity contribution in [2.45, 2.75) is 31.1 Å². The molecule has 5 nitrogen and oxygen atoms in total. The lowest BCUT2D eigenvalue weighted by molar-refractivity contribution is 0.00933. The van der Waals surface area contributed by atoms with E-state index in [1.807, 2.05) is 23.7 Å². The van der Waals surface area contributed by atoms with Crippen molar-refractivity contribution >= 4 is 11.3 Å². The van der Waals surface area contributed by atoms with E-state index in [9.17, 15) is 0 Å². The van der Waals surface area contributed by atoms with Crippen molar-refractivity contribution in [2.75, 3.05) is 19.7 Å². The predicted octanol–water partition coefficient (Wildman–Crippen LogP) is 2.35. The third-order valence-electron chi connectivity index (χ3n) is 4.35. The molecule has 2 aromatic rings. The second-order valence-electron chi connectivity index (χ2n) is 6.01. The number of hydrogen-bond acceptors (Lipinski definition) is 6. The third-order valence-corrected chi connectivity index (χ3v) is 5.11. The minimum atomic E-state index is -0.0376. The maximum Gasteiger partial charge on any atom is 0.138 e. The molecule has 2 atom stereocenters. The summed E-state index contributed by atoms with van der Waals surface area (Å²) in [6, 6.07) is 3.84. The molecule has 0 aliphatic carbocycles.